The van der Waals surface area contributed by atoms with Crippen molar-refractivity contribution in [3.05, 3.63) is 34.1 Å². The molecule has 0 aliphatic heterocycles. The van der Waals surface area contributed by atoms with Gasteiger partial charge in [-0.1, -0.05) is 35.8 Å². The van der Waals surface area contributed by atoms with Gasteiger partial charge < -0.3 is 5.32 Å². The summed E-state index contributed by atoms with van der Waals surface area (Å²) in [7, 11) is 0. The lowest BCUT2D eigenvalue weighted by atomic mass is 10.0. The first-order chi connectivity index (χ1) is 7.17. The van der Waals surface area contributed by atoms with E-state index in [1.54, 1.807) is 0 Å². The molecule has 3 heteroatoms. The zero-order valence-corrected chi connectivity index (χ0v) is 10.8. The number of rotatable bonds is 5. The fourth-order valence-electron chi connectivity index (χ4n) is 1.60. The van der Waals surface area contributed by atoms with E-state index in [9.17, 15) is 4.39 Å². The zero-order chi connectivity index (χ0) is 11.3. The maximum atomic E-state index is 13.5. The van der Waals surface area contributed by atoms with Crippen LogP contribution in [0.3, 0.4) is 0 Å². The number of nitrogens with one attached hydrogen (secondary N) is 1. The monoisotopic (exact) mass is 273 g/mol. The van der Waals surface area contributed by atoms with Crippen LogP contribution >= 0.6 is 15.9 Å². The van der Waals surface area contributed by atoms with Crippen molar-refractivity contribution in [1.82, 2.24) is 5.32 Å². The molecule has 0 aromatic heterocycles. The maximum Gasteiger partial charge on any atom is 0.127 e. The van der Waals surface area contributed by atoms with Crippen molar-refractivity contribution in [3.8, 4) is 0 Å². The minimum Gasteiger partial charge on any atom is -0.314 e. The predicted molar refractivity (Wildman–Crippen MR) is 65.6 cm³/mol. The number of halogens is 2. The molecule has 1 nitrogen and oxygen atoms in total. The summed E-state index contributed by atoms with van der Waals surface area (Å²) in [5, 5.41) is 3.34. The minimum absolute atomic E-state index is 0.124. The molecule has 0 spiro atoms. The van der Waals surface area contributed by atoms with E-state index in [2.05, 4.69) is 35.1 Å². The number of benzene rings is 1. The summed E-state index contributed by atoms with van der Waals surface area (Å²) in [5.41, 5.74) is 0.783. The third-order valence-corrected chi connectivity index (χ3v) is 2.96. The number of likely N-dealkylation sites (N-methyl/N-ethyl adjacent to an activating group) is 1. The third-order valence-electron chi connectivity index (χ3n) is 2.47. The Labute approximate surface area is 99.2 Å². The van der Waals surface area contributed by atoms with Crippen LogP contribution in [0.25, 0.3) is 0 Å². The average molecular weight is 274 g/mol. The summed E-state index contributed by atoms with van der Waals surface area (Å²) in [6.45, 7) is 5.11. The molecule has 0 aliphatic rings. The second kappa shape index (κ2) is 6.23. The highest BCUT2D eigenvalue weighted by Crippen LogP contribution is 2.17. The van der Waals surface area contributed by atoms with Gasteiger partial charge in [-0.05, 0) is 37.1 Å². The number of hydrogen-bond acceptors (Lipinski definition) is 1. The zero-order valence-electron chi connectivity index (χ0n) is 9.19. The Morgan fingerprint density at radius 3 is 2.67 bits per heavy atom. The summed E-state index contributed by atoms with van der Waals surface area (Å²) < 4.78 is 14.3. The van der Waals surface area contributed by atoms with Crippen LogP contribution in [0.2, 0.25) is 0 Å². The van der Waals surface area contributed by atoms with Crippen molar-refractivity contribution in [2.75, 3.05) is 6.54 Å². The fraction of sp³-hybridized carbons (Fsp3) is 0.500. The molecule has 0 radical (unpaired) electrons. The van der Waals surface area contributed by atoms with E-state index in [1.807, 2.05) is 12.1 Å². The molecule has 0 bridgehead atoms. The molecule has 0 amide bonds. The summed E-state index contributed by atoms with van der Waals surface area (Å²) in [6, 6.07) is 5.62. The second-order valence-electron chi connectivity index (χ2n) is 3.60. The van der Waals surface area contributed by atoms with Gasteiger partial charge in [-0.2, -0.15) is 0 Å². The van der Waals surface area contributed by atoms with Crippen molar-refractivity contribution < 1.29 is 4.39 Å². The van der Waals surface area contributed by atoms with Crippen LogP contribution in [-0.4, -0.2) is 12.6 Å². The second-order valence-corrected chi connectivity index (χ2v) is 4.52. The quantitative estimate of drug-likeness (QED) is 0.866. The molecule has 0 saturated heterocycles. The van der Waals surface area contributed by atoms with Crippen molar-refractivity contribution >= 4 is 15.9 Å². The van der Waals surface area contributed by atoms with E-state index in [4.69, 9.17) is 0 Å². The molecule has 1 atom stereocenters. The smallest absolute Gasteiger partial charge is 0.127 e. The number of hydrogen-bond donors (Lipinski definition) is 1. The Morgan fingerprint density at radius 1 is 1.40 bits per heavy atom. The van der Waals surface area contributed by atoms with Gasteiger partial charge in [0.1, 0.15) is 5.82 Å². The maximum absolute atomic E-state index is 13.5. The van der Waals surface area contributed by atoms with Gasteiger partial charge >= 0.3 is 0 Å². The Hall–Kier alpha value is -0.410. The molecule has 0 fully saturated rings. The molecule has 1 N–H and O–H groups in total. The largest absolute Gasteiger partial charge is 0.314 e. The molecule has 1 aromatic carbocycles. The molecule has 1 rings (SSSR count). The van der Waals surface area contributed by atoms with E-state index in [0.717, 1.165) is 29.4 Å². The van der Waals surface area contributed by atoms with Crippen LogP contribution < -0.4 is 5.32 Å². The predicted octanol–water partition coefficient (Wildman–Crippen LogP) is 3.52. The molecular formula is C12H17BrFN. The lowest BCUT2D eigenvalue weighted by Crippen LogP contribution is -2.30. The Kier molecular flexibility index (Phi) is 5.26. The van der Waals surface area contributed by atoms with Crippen molar-refractivity contribution in [2.24, 2.45) is 0 Å². The summed E-state index contributed by atoms with van der Waals surface area (Å²) in [4.78, 5) is 0. The van der Waals surface area contributed by atoms with Gasteiger partial charge in [-0.15, -0.1) is 0 Å². The summed E-state index contributed by atoms with van der Waals surface area (Å²) in [6.07, 6.45) is 1.77. The Balaban J connectivity index is 2.70. The topological polar surface area (TPSA) is 12.0 Å². The molecule has 0 aliphatic carbocycles. The van der Waals surface area contributed by atoms with Crippen LogP contribution in [0.4, 0.5) is 4.39 Å². The highest BCUT2D eigenvalue weighted by atomic mass is 79.9. The van der Waals surface area contributed by atoms with Gasteiger partial charge in [0.15, 0.2) is 0 Å². The van der Waals surface area contributed by atoms with Crippen LogP contribution in [0.5, 0.6) is 0 Å². The Morgan fingerprint density at radius 2 is 2.13 bits per heavy atom. The van der Waals surface area contributed by atoms with Crippen LogP contribution in [0, 0.1) is 5.82 Å². The Bertz CT molecular complexity index is 314. The van der Waals surface area contributed by atoms with Crippen molar-refractivity contribution in [1.29, 1.82) is 0 Å². The third kappa shape index (κ3) is 3.92. The SMILES string of the molecule is CCNC(CC)Cc1ccc(Br)cc1F. The lowest BCUT2D eigenvalue weighted by Gasteiger charge is -2.16. The van der Waals surface area contributed by atoms with Crippen LogP contribution in [0.15, 0.2) is 22.7 Å². The van der Waals surface area contributed by atoms with E-state index in [-0.39, 0.29) is 5.82 Å². The molecule has 1 aromatic rings. The van der Waals surface area contributed by atoms with Crippen LogP contribution in [-0.2, 0) is 6.42 Å². The first-order valence-electron chi connectivity index (χ1n) is 5.34. The van der Waals surface area contributed by atoms with Crippen molar-refractivity contribution in [2.45, 2.75) is 32.7 Å². The first-order valence-corrected chi connectivity index (χ1v) is 6.14. The fourth-order valence-corrected chi connectivity index (χ4v) is 1.94. The average Bonchev–Trinajstić information content (AvgIpc) is 2.21. The van der Waals surface area contributed by atoms with Gasteiger partial charge in [0, 0.05) is 10.5 Å². The van der Waals surface area contributed by atoms with Gasteiger partial charge in [0.2, 0.25) is 0 Å². The van der Waals surface area contributed by atoms with Crippen molar-refractivity contribution in [3.63, 3.8) is 0 Å². The lowest BCUT2D eigenvalue weighted by molar-refractivity contribution is 0.496. The summed E-state index contributed by atoms with van der Waals surface area (Å²) >= 11 is 3.25. The van der Waals surface area contributed by atoms with E-state index >= 15 is 0 Å². The molecule has 84 valence electrons. The van der Waals surface area contributed by atoms with Gasteiger partial charge in [-0.3, -0.25) is 0 Å². The van der Waals surface area contributed by atoms with E-state index in [0.29, 0.717) is 6.04 Å². The molecule has 0 heterocycles. The van der Waals surface area contributed by atoms with Gasteiger partial charge in [0.05, 0.1) is 0 Å². The summed E-state index contributed by atoms with van der Waals surface area (Å²) in [5.74, 6) is -0.124. The molecular weight excluding hydrogens is 257 g/mol. The van der Waals surface area contributed by atoms with Gasteiger partial charge in [-0.25, -0.2) is 4.39 Å². The van der Waals surface area contributed by atoms with Gasteiger partial charge in [0.25, 0.3) is 0 Å². The normalized spacial score (nSPS) is 12.8. The van der Waals surface area contributed by atoms with Crippen LogP contribution in [0.1, 0.15) is 25.8 Å². The molecule has 15 heavy (non-hydrogen) atoms. The standard InChI is InChI=1S/C12H17BrFN/c1-3-11(15-4-2)7-9-5-6-10(13)8-12(9)14/h5-6,8,11,15H,3-4,7H2,1-2H3. The van der Waals surface area contributed by atoms with E-state index in [1.165, 1.54) is 6.07 Å². The molecule has 0 saturated carbocycles. The van der Waals surface area contributed by atoms with E-state index < -0.39 is 0 Å². The molecule has 1 unspecified atom stereocenters. The highest BCUT2D eigenvalue weighted by Gasteiger charge is 2.09. The highest BCUT2D eigenvalue weighted by molar-refractivity contribution is 9.10. The minimum atomic E-state index is -0.124. The first kappa shape index (κ1) is 12.7.